The number of methoxy groups -OCH3 is 1. The number of para-hydroxylation sites is 3. The first-order valence-corrected chi connectivity index (χ1v) is 8.38. The van der Waals surface area contributed by atoms with Gasteiger partial charge in [0.1, 0.15) is 17.4 Å². The zero-order valence-electron chi connectivity index (χ0n) is 15.5. The fourth-order valence-corrected chi connectivity index (χ4v) is 2.59. The number of hydrogen-bond acceptors (Lipinski definition) is 4. The van der Waals surface area contributed by atoms with Crippen LogP contribution in [0.2, 0.25) is 0 Å². The van der Waals surface area contributed by atoms with E-state index in [4.69, 9.17) is 4.74 Å². The van der Waals surface area contributed by atoms with Gasteiger partial charge in [-0.1, -0.05) is 44.2 Å². The summed E-state index contributed by atoms with van der Waals surface area (Å²) in [6.07, 6.45) is 1.39. The lowest BCUT2D eigenvalue weighted by molar-refractivity contribution is -0.112. The van der Waals surface area contributed by atoms with E-state index < -0.39 is 5.91 Å². The molecular formula is C21H23N3O2. The summed E-state index contributed by atoms with van der Waals surface area (Å²) >= 11 is 0. The summed E-state index contributed by atoms with van der Waals surface area (Å²) in [4.78, 5) is 12.6. The van der Waals surface area contributed by atoms with Gasteiger partial charge in [-0.25, -0.2) is 0 Å². The van der Waals surface area contributed by atoms with E-state index in [2.05, 4.69) is 24.5 Å². The maximum atomic E-state index is 12.6. The van der Waals surface area contributed by atoms with Crippen molar-refractivity contribution in [2.75, 3.05) is 17.7 Å². The molecule has 0 fully saturated rings. The molecule has 2 aromatic rings. The number of nitriles is 1. The third-order valence-corrected chi connectivity index (χ3v) is 4.01. The van der Waals surface area contributed by atoms with Gasteiger partial charge < -0.3 is 15.4 Å². The van der Waals surface area contributed by atoms with Gasteiger partial charge in [-0.05, 0) is 36.1 Å². The van der Waals surface area contributed by atoms with Crippen molar-refractivity contribution in [1.82, 2.24) is 0 Å². The van der Waals surface area contributed by atoms with Crippen LogP contribution in [0, 0.1) is 18.3 Å². The van der Waals surface area contributed by atoms with Crippen LogP contribution < -0.4 is 15.4 Å². The first kappa shape index (κ1) is 19.1. The molecule has 0 unspecified atom stereocenters. The van der Waals surface area contributed by atoms with E-state index in [0.717, 1.165) is 16.8 Å². The van der Waals surface area contributed by atoms with Gasteiger partial charge in [0.2, 0.25) is 0 Å². The maximum Gasteiger partial charge on any atom is 0.267 e. The Labute approximate surface area is 154 Å². The van der Waals surface area contributed by atoms with Crippen LogP contribution in [0.3, 0.4) is 0 Å². The Morgan fingerprint density at radius 3 is 2.58 bits per heavy atom. The Kier molecular flexibility index (Phi) is 6.40. The molecule has 1 amide bonds. The standard InChI is InChI=1S/C21H23N3O2/c1-14(2)17-9-7-8-15(3)20(17)24-21(25)16(12-22)13-23-18-10-5-6-11-19(18)26-4/h5-11,13-14,23H,1-4H3,(H,24,25)/b16-13-. The third-order valence-electron chi connectivity index (χ3n) is 4.01. The third kappa shape index (κ3) is 4.42. The summed E-state index contributed by atoms with van der Waals surface area (Å²) in [7, 11) is 1.56. The van der Waals surface area contributed by atoms with Crippen LogP contribution in [0.15, 0.2) is 54.2 Å². The number of aryl methyl sites for hydroxylation is 1. The van der Waals surface area contributed by atoms with Crippen LogP contribution in [0.25, 0.3) is 0 Å². The number of anilines is 2. The summed E-state index contributed by atoms with van der Waals surface area (Å²) in [5.74, 6) is 0.431. The smallest absolute Gasteiger partial charge is 0.267 e. The molecule has 0 atom stereocenters. The molecule has 0 aliphatic carbocycles. The second kappa shape index (κ2) is 8.72. The molecule has 134 valence electrons. The number of carbonyl (C=O) groups is 1. The van der Waals surface area contributed by atoms with Crippen molar-refractivity contribution in [2.24, 2.45) is 0 Å². The molecule has 0 spiro atoms. The molecular weight excluding hydrogens is 326 g/mol. The highest BCUT2D eigenvalue weighted by molar-refractivity contribution is 6.07. The lowest BCUT2D eigenvalue weighted by Gasteiger charge is -2.16. The summed E-state index contributed by atoms with van der Waals surface area (Å²) in [6.45, 7) is 6.06. The molecule has 2 rings (SSSR count). The maximum absolute atomic E-state index is 12.6. The fraction of sp³-hybridized carbons (Fsp3) is 0.238. The average Bonchev–Trinajstić information content (AvgIpc) is 2.64. The SMILES string of the molecule is COc1ccccc1N/C=C(/C#N)C(=O)Nc1c(C)cccc1C(C)C. The highest BCUT2D eigenvalue weighted by Crippen LogP contribution is 2.28. The van der Waals surface area contributed by atoms with Crippen molar-refractivity contribution < 1.29 is 9.53 Å². The van der Waals surface area contributed by atoms with E-state index >= 15 is 0 Å². The predicted molar refractivity (Wildman–Crippen MR) is 104 cm³/mol. The Morgan fingerprint density at radius 2 is 1.92 bits per heavy atom. The van der Waals surface area contributed by atoms with Crippen LogP contribution in [0.4, 0.5) is 11.4 Å². The summed E-state index contributed by atoms with van der Waals surface area (Å²) in [5, 5.41) is 15.2. The minimum absolute atomic E-state index is 0.0196. The van der Waals surface area contributed by atoms with Gasteiger partial charge in [-0.15, -0.1) is 0 Å². The molecule has 0 aliphatic rings. The van der Waals surface area contributed by atoms with Gasteiger partial charge in [0.05, 0.1) is 12.8 Å². The molecule has 0 bridgehead atoms. The van der Waals surface area contributed by atoms with Crippen molar-refractivity contribution in [3.8, 4) is 11.8 Å². The van der Waals surface area contributed by atoms with E-state index in [1.165, 1.54) is 6.20 Å². The minimum atomic E-state index is -0.453. The number of nitrogens with one attached hydrogen (secondary N) is 2. The molecule has 5 heteroatoms. The van der Waals surface area contributed by atoms with E-state index in [1.54, 1.807) is 19.2 Å². The molecule has 2 N–H and O–H groups in total. The molecule has 0 heterocycles. The van der Waals surface area contributed by atoms with E-state index in [9.17, 15) is 10.1 Å². The number of carbonyl (C=O) groups excluding carboxylic acids is 1. The molecule has 26 heavy (non-hydrogen) atoms. The number of hydrogen-bond donors (Lipinski definition) is 2. The van der Waals surface area contributed by atoms with Crippen LogP contribution >= 0.6 is 0 Å². The highest BCUT2D eigenvalue weighted by Gasteiger charge is 2.15. The molecule has 0 aromatic heterocycles. The van der Waals surface area contributed by atoms with Crippen LogP contribution in [-0.4, -0.2) is 13.0 Å². The summed E-state index contributed by atoms with van der Waals surface area (Å²) in [6, 6.07) is 15.1. The number of rotatable bonds is 6. The van der Waals surface area contributed by atoms with E-state index in [0.29, 0.717) is 11.4 Å². The quantitative estimate of drug-likeness (QED) is 0.591. The Balaban J connectivity index is 2.24. The van der Waals surface area contributed by atoms with Crippen molar-refractivity contribution in [3.63, 3.8) is 0 Å². The zero-order chi connectivity index (χ0) is 19.1. The second-order valence-electron chi connectivity index (χ2n) is 6.16. The Bertz CT molecular complexity index is 864. The van der Waals surface area contributed by atoms with Gasteiger partial charge >= 0.3 is 0 Å². The van der Waals surface area contributed by atoms with Crippen molar-refractivity contribution in [3.05, 3.63) is 65.4 Å². The lowest BCUT2D eigenvalue weighted by Crippen LogP contribution is -2.17. The summed E-state index contributed by atoms with van der Waals surface area (Å²) in [5.41, 5.74) is 3.40. The summed E-state index contributed by atoms with van der Waals surface area (Å²) < 4.78 is 5.25. The lowest BCUT2D eigenvalue weighted by atomic mass is 9.98. The van der Waals surface area contributed by atoms with Crippen molar-refractivity contribution in [2.45, 2.75) is 26.7 Å². The Morgan fingerprint density at radius 1 is 1.19 bits per heavy atom. The van der Waals surface area contributed by atoms with Crippen LogP contribution in [0.1, 0.15) is 30.9 Å². The molecule has 0 aliphatic heterocycles. The van der Waals surface area contributed by atoms with E-state index in [1.807, 2.05) is 43.3 Å². The zero-order valence-corrected chi connectivity index (χ0v) is 15.5. The molecule has 5 nitrogen and oxygen atoms in total. The van der Waals surface area contributed by atoms with Gasteiger partial charge in [0.15, 0.2) is 0 Å². The predicted octanol–water partition coefficient (Wildman–Crippen LogP) is 4.59. The number of amides is 1. The van der Waals surface area contributed by atoms with Gasteiger partial charge in [0, 0.05) is 11.9 Å². The second-order valence-corrected chi connectivity index (χ2v) is 6.16. The average molecular weight is 349 g/mol. The van der Waals surface area contributed by atoms with Crippen LogP contribution in [0.5, 0.6) is 5.75 Å². The minimum Gasteiger partial charge on any atom is -0.495 e. The van der Waals surface area contributed by atoms with Crippen molar-refractivity contribution in [1.29, 1.82) is 5.26 Å². The molecule has 0 radical (unpaired) electrons. The number of benzene rings is 2. The van der Waals surface area contributed by atoms with Crippen LogP contribution in [-0.2, 0) is 4.79 Å². The van der Waals surface area contributed by atoms with Gasteiger partial charge in [-0.2, -0.15) is 5.26 Å². The van der Waals surface area contributed by atoms with E-state index in [-0.39, 0.29) is 11.5 Å². The van der Waals surface area contributed by atoms with Gasteiger partial charge in [0.25, 0.3) is 5.91 Å². The molecule has 0 saturated heterocycles. The first-order valence-electron chi connectivity index (χ1n) is 8.38. The Hall–Kier alpha value is -3.26. The number of nitrogens with zero attached hydrogens (tertiary/aromatic N) is 1. The normalized spacial score (nSPS) is 11.0. The van der Waals surface area contributed by atoms with Gasteiger partial charge in [-0.3, -0.25) is 4.79 Å². The fourth-order valence-electron chi connectivity index (χ4n) is 2.59. The largest absolute Gasteiger partial charge is 0.495 e. The highest BCUT2D eigenvalue weighted by atomic mass is 16.5. The number of ether oxygens (including phenoxy) is 1. The monoisotopic (exact) mass is 349 g/mol. The molecule has 2 aromatic carbocycles. The topological polar surface area (TPSA) is 74.1 Å². The van der Waals surface area contributed by atoms with Crippen molar-refractivity contribution >= 4 is 17.3 Å². The molecule has 0 saturated carbocycles. The first-order chi connectivity index (χ1) is 12.5.